The van der Waals surface area contributed by atoms with E-state index in [2.05, 4.69) is 59.8 Å². The minimum Gasteiger partial charge on any atom is -0.349 e. The van der Waals surface area contributed by atoms with Crippen LogP contribution in [0.5, 0.6) is 0 Å². The number of pyridine rings is 1. The van der Waals surface area contributed by atoms with E-state index in [1.807, 2.05) is 34.9 Å². The van der Waals surface area contributed by atoms with Crippen molar-refractivity contribution in [2.75, 3.05) is 13.1 Å². The van der Waals surface area contributed by atoms with Gasteiger partial charge in [0.15, 0.2) is 0 Å². The average molecular weight is 494 g/mol. The lowest BCUT2D eigenvalue weighted by Crippen LogP contribution is -2.28. The molecule has 6 rings (SSSR count). The van der Waals surface area contributed by atoms with Gasteiger partial charge in [-0.2, -0.15) is 0 Å². The number of amides is 1. The van der Waals surface area contributed by atoms with Crippen molar-refractivity contribution in [1.82, 2.24) is 14.8 Å². The summed E-state index contributed by atoms with van der Waals surface area (Å²) in [6.07, 6.45) is 12.9. The summed E-state index contributed by atoms with van der Waals surface area (Å²) in [5.74, 6) is 0.395. The Balaban J connectivity index is 1.39. The van der Waals surface area contributed by atoms with E-state index in [1.54, 1.807) is 0 Å². The molecule has 2 atom stereocenters. The zero-order valence-corrected chi connectivity index (χ0v) is 21.5. The molecule has 2 aromatic carbocycles. The Bertz CT molecular complexity index is 1430. The Morgan fingerprint density at radius 1 is 1.00 bits per heavy atom. The van der Waals surface area contributed by atoms with Crippen molar-refractivity contribution in [2.24, 2.45) is 5.92 Å². The SMILES string of the molecule is CC1C=CC(C(=O)NC2CC2)=CC1c1ccc2c(=O)n(Cc3ccccc3)cc(CN3CCCC3)c2c1. The number of carbonyl (C=O) groups excluding carboxylic acids is 1. The summed E-state index contributed by atoms with van der Waals surface area (Å²) in [7, 11) is 0. The first-order valence-corrected chi connectivity index (χ1v) is 13.7. The van der Waals surface area contributed by atoms with Gasteiger partial charge in [-0.3, -0.25) is 14.5 Å². The molecule has 1 N–H and O–H groups in total. The molecule has 2 unspecified atom stereocenters. The quantitative estimate of drug-likeness (QED) is 0.496. The van der Waals surface area contributed by atoms with Gasteiger partial charge in [0, 0.05) is 35.7 Å². The van der Waals surface area contributed by atoms with Crippen LogP contribution in [0.3, 0.4) is 0 Å². The minimum absolute atomic E-state index is 0.0231. The maximum absolute atomic E-state index is 13.6. The van der Waals surface area contributed by atoms with E-state index < -0.39 is 0 Å². The fourth-order valence-electron chi connectivity index (χ4n) is 5.72. The van der Waals surface area contributed by atoms with Crippen molar-refractivity contribution in [3.8, 4) is 0 Å². The monoisotopic (exact) mass is 493 g/mol. The molecule has 2 fully saturated rings. The summed E-state index contributed by atoms with van der Waals surface area (Å²) in [6.45, 7) is 5.81. The summed E-state index contributed by atoms with van der Waals surface area (Å²) in [5, 5.41) is 4.92. The summed E-state index contributed by atoms with van der Waals surface area (Å²) < 4.78 is 1.87. The molecular formula is C32H35N3O2. The standard InChI is InChI=1S/C32H35N3O2/c1-22-9-10-25(31(36)33-27-12-13-27)18-29(22)24-11-14-28-30(17-24)26(20-34-15-5-6-16-34)21-35(32(28)37)19-23-7-3-2-4-8-23/h2-4,7-11,14,17-18,21-22,27,29H,5-6,12-13,15-16,19-20H2,1H3,(H,33,36). The molecule has 1 amide bonds. The minimum atomic E-state index is 0.0231. The largest absolute Gasteiger partial charge is 0.349 e. The first-order valence-electron chi connectivity index (χ1n) is 13.7. The lowest BCUT2D eigenvalue weighted by molar-refractivity contribution is -0.117. The van der Waals surface area contributed by atoms with Crippen LogP contribution in [0.25, 0.3) is 10.8 Å². The molecule has 190 valence electrons. The van der Waals surface area contributed by atoms with Gasteiger partial charge in [0.1, 0.15) is 0 Å². The number of benzene rings is 2. The van der Waals surface area contributed by atoms with Crippen LogP contribution in [-0.2, 0) is 17.9 Å². The van der Waals surface area contributed by atoms with Gasteiger partial charge in [-0.05, 0) is 78.9 Å². The summed E-state index contributed by atoms with van der Waals surface area (Å²) in [5.41, 5.74) is 4.27. The number of fused-ring (bicyclic) bond motifs is 1. The molecule has 0 spiro atoms. The van der Waals surface area contributed by atoms with Crippen LogP contribution in [-0.4, -0.2) is 34.5 Å². The van der Waals surface area contributed by atoms with Crippen LogP contribution in [0.1, 0.15) is 55.2 Å². The Morgan fingerprint density at radius 3 is 2.54 bits per heavy atom. The highest BCUT2D eigenvalue weighted by molar-refractivity contribution is 5.97. The Kier molecular flexibility index (Phi) is 6.56. The number of hydrogen-bond donors (Lipinski definition) is 1. The first kappa shape index (κ1) is 23.9. The smallest absolute Gasteiger partial charge is 0.258 e. The number of likely N-dealkylation sites (tertiary alicyclic amines) is 1. The average Bonchev–Trinajstić information content (AvgIpc) is 3.58. The van der Waals surface area contributed by atoms with Crippen molar-refractivity contribution in [3.63, 3.8) is 0 Å². The van der Waals surface area contributed by atoms with Gasteiger partial charge in [-0.25, -0.2) is 0 Å². The third-order valence-electron chi connectivity index (χ3n) is 8.05. The van der Waals surface area contributed by atoms with Crippen LogP contribution in [0.2, 0.25) is 0 Å². The molecule has 0 bridgehead atoms. The van der Waals surface area contributed by atoms with Crippen molar-refractivity contribution in [3.05, 3.63) is 106 Å². The molecule has 3 aliphatic rings. The zero-order valence-electron chi connectivity index (χ0n) is 21.5. The van der Waals surface area contributed by atoms with Crippen LogP contribution >= 0.6 is 0 Å². The van der Waals surface area contributed by atoms with E-state index >= 15 is 0 Å². The van der Waals surface area contributed by atoms with Crippen molar-refractivity contribution < 1.29 is 4.79 Å². The van der Waals surface area contributed by atoms with Crippen LogP contribution in [0.15, 0.2) is 83.3 Å². The number of allylic oxidation sites excluding steroid dienone is 2. The van der Waals surface area contributed by atoms with Gasteiger partial charge < -0.3 is 9.88 Å². The zero-order chi connectivity index (χ0) is 25.4. The summed E-state index contributed by atoms with van der Waals surface area (Å²) in [6, 6.07) is 16.8. The van der Waals surface area contributed by atoms with Gasteiger partial charge in [0.2, 0.25) is 0 Å². The maximum atomic E-state index is 13.6. The fourth-order valence-corrected chi connectivity index (χ4v) is 5.72. The molecule has 5 heteroatoms. The fraction of sp³-hybridized carbons (Fsp3) is 0.375. The lowest BCUT2D eigenvalue weighted by Gasteiger charge is -2.24. The second-order valence-electron chi connectivity index (χ2n) is 11.0. The molecule has 1 saturated carbocycles. The van der Waals surface area contributed by atoms with Crippen LogP contribution in [0, 0.1) is 5.92 Å². The Hall–Kier alpha value is -3.44. The lowest BCUT2D eigenvalue weighted by atomic mass is 9.81. The second kappa shape index (κ2) is 10.1. The number of aromatic nitrogens is 1. The Labute approximate surface area is 218 Å². The van der Waals surface area contributed by atoms with Gasteiger partial charge in [-0.15, -0.1) is 0 Å². The highest BCUT2D eigenvalue weighted by Gasteiger charge is 2.27. The third-order valence-corrected chi connectivity index (χ3v) is 8.05. The van der Waals surface area contributed by atoms with Crippen molar-refractivity contribution in [2.45, 2.75) is 57.7 Å². The second-order valence-corrected chi connectivity index (χ2v) is 11.0. The van der Waals surface area contributed by atoms with Crippen LogP contribution < -0.4 is 10.9 Å². The molecule has 5 nitrogen and oxygen atoms in total. The highest BCUT2D eigenvalue weighted by Crippen LogP contribution is 2.34. The predicted molar refractivity (Wildman–Crippen MR) is 149 cm³/mol. The maximum Gasteiger partial charge on any atom is 0.258 e. The summed E-state index contributed by atoms with van der Waals surface area (Å²) in [4.78, 5) is 28.8. The van der Waals surface area contributed by atoms with E-state index in [4.69, 9.17) is 0 Å². The van der Waals surface area contributed by atoms with Crippen LogP contribution in [0.4, 0.5) is 0 Å². The normalized spacial score (nSPS) is 21.8. The molecule has 2 heterocycles. The molecule has 3 aromatic rings. The van der Waals surface area contributed by atoms with Gasteiger partial charge >= 0.3 is 0 Å². The molecule has 37 heavy (non-hydrogen) atoms. The van der Waals surface area contributed by atoms with E-state index in [0.717, 1.165) is 59.9 Å². The Morgan fingerprint density at radius 2 is 1.78 bits per heavy atom. The predicted octanol–water partition coefficient (Wildman–Crippen LogP) is 5.14. The number of hydrogen-bond acceptors (Lipinski definition) is 3. The highest BCUT2D eigenvalue weighted by atomic mass is 16.2. The van der Waals surface area contributed by atoms with Gasteiger partial charge in [0.05, 0.1) is 6.54 Å². The topological polar surface area (TPSA) is 54.3 Å². The molecule has 1 saturated heterocycles. The van der Waals surface area contributed by atoms with E-state index in [1.165, 1.54) is 18.4 Å². The molecular weight excluding hydrogens is 458 g/mol. The molecule has 1 aromatic heterocycles. The third kappa shape index (κ3) is 5.19. The van der Waals surface area contributed by atoms with Crippen molar-refractivity contribution in [1.29, 1.82) is 0 Å². The van der Waals surface area contributed by atoms with Gasteiger partial charge in [0.25, 0.3) is 11.5 Å². The first-order chi connectivity index (χ1) is 18.0. The van der Waals surface area contributed by atoms with E-state index in [-0.39, 0.29) is 23.3 Å². The molecule has 2 aliphatic carbocycles. The number of rotatable bonds is 7. The molecule has 0 radical (unpaired) electrons. The van der Waals surface area contributed by atoms with E-state index in [9.17, 15) is 9.59 Å². The van der Waals surface area contributed by atoms with Crippen molar-refractivity contribution >= 4 is 16.7 Å². The van der Waals surface area contributed by atoms with E-state index in [0.29, 0.717) is 12.6 Å². The number of nitrogens with one attached hydrogen (secondary N) is 1. The molecule has 1 aliphatic heterocycles. The van der Waals surface area contributed by atoms with Gasteiger partial charge in [-0.1, -0.05) is 61.5 Å². The number of nitrogens with zero attached hydrogens (tertiary/aromatic N) is 2. The number of carbonyl (C=O) groups is 1. The summed E-state index contributed by atoms with van der Waals surface area (Å²) >= 11 is 0.